The molecule has 3 N–H and O–H groups in total. The SMILES string of the molecule is C[C@@H](O)c1cc2cnc(Nc3ccc4c(n3)CCN(C3OCCNC3C=O)C4)nc2c(N2CCCCC2)n1. The molecule has 0 amide bonds. The molecule has 2 unspecified atom stereocenters. The number of ether oxygens (including phenoxy) is 1. The van der Waals surface area contributed by atoms with Gasteiger partial charge in [-0.15, -0.1) is 0 Å². The van der Waals surface area contributed by atoms with Crippen LogP contribution in [-0.2, 0) is 22.5 Å². The minimum atomic E-state index is -0.665. The molecule has 0 bridgehead atoms. The molecule has 200 valence electrons. The summed E-state index contributed by atoms with van der Waals surface area (Å²) in [5.74, 6) is 1.95. The maximum Gasteiger partial charge on any atom is 0.229 e. The summed E-state index contributed by atoms with van der Waals surface area (Å²) in [6.45, 7) is 6.32. The van der Waals surface area contributed by atoms with Gasteiger partial charge in [-0.1, -0.05) is 6.07 Å². The number of piperidine rings is 1. The highest BCUT2D eigenvalue weighted by molar-refractivity contribution is 5.89. The van der Waals surface area contributed by atoms with Gasteiger partial charge in [0.05, 0.1) is 18.4 Å². The fraction of sp³-hybridized carbons (Fsp3) is 0.519. The van der Waals surface area contributed by atoms with Crippen LogP contribution in [0.3, 0.4) is 0 Å². The average molecular weight is 519 g/mol. The van der Waals surface area contributed by atoms with Gasteiger partial charge < -0.3 is 30.2 Å². The third kappa shape index (κ3) is 5.06. The van der Waals surface area contributed by atoms with E-state index in [1.165, 1.54) is 6.42 Å². The van der Waals surface area contributed by atoms with E-state index in [2.05, 4.69) is 31.5 Å². The van der Waals surface area contributed by atoms with Crippen molar-refractivity contribution in [1.29, 1.82) is 0 Å². The Kier molecular flexibility index (Phi) is 7.16. The Balaban J connectivity index is 1.23. The molecule has 11 nitrogen and oxygen atoms in total. The van der Waals surface area contributed by atoms with Crippen molar-refractivity contribution < 1.29 is 14.6 Å². The van der Waals surface area contributed by atoms with Crippen LogP contribution in [0.25, 0.3) is 10.9 Å². The van der Waals surface area contributed by atoms with Gasteiger partial charge in [0, 0.05) is 56.4 Å². The number of anilines is 3. The summed E-state index contributed by atoms with van der Waals surface area (Å²) in [7, 11) is 0. The average Bonchev–Trinajstić information content (AvgIpc) is 2.96. The summed E-state index contributed by atoms with van der Waals surface area (Å²) in [6.07, 6.45) is 6.02. The first-order valence-electron chi connectivity index (χ1n) is 13.5. The lowest BCUT2D eigenvalue weighted by atomic mass is 10.0. The van der Waals surface area contributed by atoms with E-state index in [1.807, 2.05) is 12.1 Å². The monoisotopic (exact) mass is 518 g/mol. The molecule has 38 heavy (non-hydrogen) atoms. The van der Waals surface area contributed by atoms with Crippen LogP contribution in [0, 0.1) is 0 Å². The topological polar surface area (TPSA) is 129 Å². The highest BCUT2D eigenvalue weighted by Crippen LogP contribution is 2.30. The fourth-order valence-electron chi connectivity index (χ4n) is 5.54. The van der Waals surface area contributed by atoms with Gasteiger partial charge in [0.1, 0.15) is 29.9 Å². The van der Waals surface area contributed by atoms with Crippen LogP contribution >= 0.6 is 0 Å². The number of aliphatic hydroxyl groups excluding tert-OH is 1. The zero-order chi connectivity index (χ0) is 26.1. The van der Waals surface area contributed by atoms with Crippen LogP contribution in [0.15, 0.2) is 24.4 Å². The summed E-state index contributed by atoms with van der Waals surface area (Å²) in [6, 6.07) is 5.55. The number of fused-ring (bicyclic) bond motifs is 2. The molecule has 3 aromatic heterocycles. The van der Waals surface area contributed by atoms with E-state index in [-0.39, 0.29) is 12.3 Å². The van der Waals surface area contributed by atoms with Crippen molar-refractivity contribution in [1.82, 2.24) is 30.2 Å². The molecule has 6 rings (SSSR count). The van der Waals surface area contributed by atoms with E-state index in [0.717, 1.165) is 73.2 Å². The molecule has 0 spiro atoms. The van der Waals surface area contributed by atoms with E-state index < -0.39 is 6.10 Å². The number of aliphatic hydroxyl groups is 1. The van der Waals surface area contributed by atoms with Crippen molar-refractivity contribution in [3.8, 4) is 0 Å². The van der Waals surface area contributed by atoms with E-state index in [1.54, 1.807) is 13.1 Å². The Bertz CT molecular complexity index is 1310. The maximum atomic E-state index is 11.5. The van der Waals surface area contributed by atoms with Gasteiger partial charge in [0.2, 0.25) is 5.95 Å². The molecular formula is C27H34N8O3. The minimum Gasteiger partial charge on any atom is -0.387 e. The number of aldehydes is 1. The van der Waals surface area contributed by atoms with E-state index >= 15 is 0 Å². The molecule has 3 aliphatic heterocycles. The van der Waals surface area contributed by atoms with Crippen molar-refractivity contribution in [3.05, 3.63) is 41.3 Å². The van der Waals surface area contributed by atoms with Crippen LogP contribution in [0.2, 0.25) is 0 Å². The number of hydrogen-bond acceptors (Lipinski definition) is 11. The number of rotatable bonds is 6. The molecular weight excluding hydrogens is 484 g/mol. The van der Waals surface area contributed by atoms with Crippen LogP contribution < -0.4 is 15.5 Å². The van der Waals surface area contributed by atoms with E-state index in [4.69, 9.17) is 19.7 Å². The summed E-state index contributed by atoms with van der Waals surface area (Å²) in [5, 5.41) is 17.6. The van der Waals surface area contributed by atoms with Crippen molar-refractivity contribution >= 4 is 34.8 Å². The standard InChI is InChI=1S/C27H34N8O3/c1-17(37)21-13-19-14-29-27(33-24(19)25(31-21)34-9-3-2-4-10-34)32-23-6-5-18-15-35(11-7-20(18)30-23)26-22(16-36)28-8-12-38-26/h5-6,13-14,16-17,22,26,28,37H,2-4,7-12,15H2,1H3,(H,29,30,32,33)/t17-,22?,26?/m1/s1. The zero-order valence-corrected chi connectivity index (χ0v) is 21.6. The molecule has 2 saturated heterocycles. The second-order valence-electron chi connectivity index (χ2n) is 10.3. The Morgan fingerprint density at radius 1 is 1.18 bits per heavy atom. The molecule has 3 aromatic rings. The van der Waals surface area contributed by atoms with Crippen LogP contribution in [-0.4, -0.2) is 81.3 Å². The van der Waals surface area contributed by atoms with Crippen molar-refractivity contribution in [2.24, 2.45) is 0 Å². The van der Waals surface area contributed by atoms with Gasteiger partial charge in [0.15, 0.2) is 5.82 Å². The van der Waals surface area contributed by atoms with Gasteiger partial charge in [-0.05, 0) is 43.9 Å². The smallest absolute Gasteiger partial charge is 0.229 e. The summed E-state index contributed by atoms with van der Waals surface area (Å²) in [5.41, 5.74) is 3.55. The Hall–Kier alpha value is -3.25. The van der Waals surface area contributed by atoms with Gasteiger partial charge >= 0.3 is 0 Å². The third-order valence-corrected chi connectivity index (χ3v) is 7.55. The van der Waals surface area contributed by atoms with Crippen LogP contribution in [0.4, 0.5) is 17.6 Å². The first-order chi connectivity index (χ1) is 18.6. The first-order valence-corrected chi connectivity index (χ1v) is 13.5. The molecule has 0 radical (unpaired) electrons. The van der Waals surface area contributed by atoms with Crippen LogP contribution in [0.1, 0.15) is 49.2 Å². The molecule has 3 aliphatic rings. The summed E-state index contributed by atoms with van der Waals surface area (Å²) >= 11 is 0. The van der Waals surface area contributed by atoms with Gasteiger partial charge in [-0.25, -0.2) is 19.9 Å². The number of hydrogen-bond donors (Lipinski definition) is 3. The number of morpholine rings is 1. The predicted octanol–water partition coefficient (Wildman–Crippen LogP) is 2.08. The largest absolute Gasteiger partial charge is 0.387 e. The second kappa shape index (κ2) is 10.9. The molecule has 2 fully saturated rings. The van der Waals surface area contributed by atoms with Crippen molar-refractivity contribution in [3.63, 3.8) is 0 Å². The lowest BCUT2D eigenvalue weighted by molar-refractivity contribution is -0.132. The highest BCUT2D eigenvalue weighted by Gasteiger charge is 2.33. The second-order valence-corrected chi connectivity index (χ2v) is 10.3. The number of carbonyl (C=O) groups is 1. The normalized spacial score (nSPS) is 23.2. The zero-order valence-electron chi connectivity index (χ0n) is 21.6. The van der Waals surface area contributed by atoms with Crippen molar-refractivity contribution in [2.75, 3.05) is 43.0 Å². The molecule has 3 atom stereocenters. The Morgan fingerprint density at radius 3 is 2.87 bits per heavy atom. The minimum absolute atomic E-state index is 0.254. The van der Waals surface area contributed by atoms with Gasteiger partial charge in [-0.3, -0.25) is 4.90 Å². The number of carbonyl (C=O) groups excluding carboxylic acids is 1. The third-order valence-electron chi connectivity index (χ3n) is 7.55. The lowest BCUT2D eigenvalue weighted by Crippen LogP contribution is -2.57. The highest BCUT2D eigenvalue weighted by atomic mass is 16.5. The fourth-order valence-corrected chi connectivity index (χ4v) is 5.54. The number of aromatic nitrogens is 4. The summed E-state index contributed by atoms with van der Waals surface area (Å²) < 4.78 is 5.91. The number of pyridine rings is 2. The first kappa shape index (κ1) is 25.1. The van der Waals surface area contributed by atoms with Crippen LogP contribution in [0.5, 0.6) is 0 Å². The van der Waals surface area contributed by atoms with Crippen molar-refractivity contribution in [2.45, 2.75) is 57.5 Å². The molecule has 0 aliphatic carbocycles. The molecule has 0 aromatic carbocycles. The number of nitrogens with zero attached hydrogens (tertiary/aromatic N) is 6. The predicted molar refractivity (Wildman–Crippen MR) is 143 cm³/mol. The van der Waals surface area contributed by atoms with Gasteiger partial charge in [-0.2, -0.15) is 0 Å². The molecule has 11 heteroatoms. The maximum absolute atomic E-state index is 11.5. The lowest BCUT2D eigenvalue weighted by Gasteiger charge is -2.40. The Morgan fingerprint density at radius 2 is 2.05 bits per heavy atom. The summed E-state index contributed by atoms with van der Waals surface area (Å²) in [4.78, 5) is 35.0. The molecule has 6 heterocycles. The Labute approximate surface area is 221 Å². The molecule has 0 saturated carbocycles. The van der Waals surface area contributed by atoms with E-state index in [9.17, 15) is 9.90 Å². The van der Waals surface area contributed by atoms with E-state index in [0.29, 0.717) is 37.2 Å². The quantitative estimate of drug-likeness (QED) is 0.415. The number of nitrogens with one attached hydrogen (secondary N) is 2. The van der Waals surface area contributed by atoms with Gasteiger partial charge in [0.25, 0.3) is 0 Å².